The number of aryl methyl sites for hydroxylation is 1. The second-order valence-electron chi connectivity index (χ2n) is 6.80. The Morgan fingerprint density at radius 1 is 1.23 bits per heavy atom. The van der Waals surface area contributed by atoms with E-state index in [2.05, 4.69) is 25.6 Å². The van der Waals surface area contributed by atoms with Crippen molar-refractivity contribution in [1.29, 1.82) is 0 Å². The molecule has 2 aromatic heterocycles. The lowest BCUT2D eigenvalue weighted by Gasteiger charge is -2.10. The number of halogens is 1. The Morgan fingerprint density at radius 3 is 2.94 bits per heavy atom. The van der Waals surface area contributed by atoms with Crippen molar-refractivity contribution in [2.24, 2.45) is 0 Å². The molecule has 4 aromatic rings. The summed E-state index contributed by atoms with van der Waals surface area (Å²) in [5, 5.41) is 14.9. The Balaban J connectivity index is 1.52. The number of rotatable bonds is 7. The molecule has 2 heterocycles. The number of aliphatic hydroxyl groups is 1. The van der Waals surface area contributed by atoms with Crippen molar-refractivity contribution in [2.75, 3.05) is 18.5 Å². The maximum absolute atomic E-state index is 14.8. The molecule has 0 atom stereocenters. The first kappa shape index (κ1) is 20.3. The summed E-state index contributed by atoms with van der Waals surface area (Å²) >= 11 is 0. The van der Waals surface area contributed by atoms with Crippen molar-refractivity contribution in [3.8, 4) is 11.6 Å². The molecule has 0 spiro atoms. The van der Waals surface area contributed by atoms with Gasteiger partial charge in [0.1, 0.15) is 0 Å². The minimum atomic E-state index is -0.475. The monoisotopic (exact) mass is 421 g/mol. The summed E-state index contributed by atoms with van der Waals surface area (Å²) in [4.78, 5) is 23.5. The van der Waals surface area contributed by atoms with E-state index >= 15 is 0 Å². The molecule has 4 N–H and O–H groups in total. The first-order chi connectivity index (χ1) is 15.0. The summed E-state index contributed by atoms with van der Waals surface area (Å²) in [6.45, 7) is 1.89. The highest BCUT2D eigenvalue weighted by atomic mass is 19.1. The van der Waals surface area contributed by atoms with E-state index in [4.69, 9.17) is 9.84 Å². The van der Waals surface area contributed by atoms with E-state index in [9.17, 15) is 9.18 Å². The standard InChI is InChI=1S/C22H20FN5O3/c1-13-11-16-17(26-13)5-6-18(20(16)23)31-19-7-8-25-22(28-19)27-15-4-2-3-14(12-15)21(30)24-9-10-29/h2-8,11-12,26,29H,9-10H2,1H3,(H,24,30)(H,25,27,28). The van der Waals surface area contributed by atoms with Crippen LogP contribution >= 0.6 is 0 Å². The summed E-state index contributed by atoms with van der Waals surface area (Å²) < 4.78 is 20.4. The van der Waals surface area contributed by atoms with Gasteiger partial charge in [-0.3, -0.25) is 4.79 Å². The summed E-state index contributed by atoms with van der Waals surface area (Å²) in [5.74, 6) is -0.332. The molecule has 0 fully saturated rings. The molecular weight excluding hydrogens is 401 g/mol. The third-order valence-corrected chi connectivity index (χ3v) is 4.46. The van der Waals surface area contributed by atoms with Crippen LogP contribution < -0.4 is 15.4 Å². The van der Waals surface area contributed by atoms with Gasteiger partial charge in [-0.05, 0) is 43.3 Å². The fourth-order valence-electron chi connectivity index (χ4n) is 3.08. The number of aliphatic hydroxyl groups excluding tert-OH is 1. The Hall–Kier alpha value is -3.98. The Morgan fingerprint density at radius 2 is 2.10 bits per heavy atom. The fourth-order valence-corrected chi connectivity index (χ4v) is 3.08. The maximum Gasteiger partial charge on any atom is 0.251 e. The number of hydrogen-bond donors (Lipinski definition) is 4. The van der Waals surface area contributed by atoms with Crippen LogP contribution in [0.4, 0.5) is 16.0 Å². The molecular formula is C22H20FN5O3. The molecule has 158 valence electrons. The van der Waals surface area contributed by atoms with Crippen LogP contribution in [0.2, 0.25) is 0 Å². The van der Waals surface area contributed by atoms with Gasteiger partial charge in [-0.15, -0.1) is 0 Å². The molecule has 0 aliphatic rings. The number of fused-ring (bicyclic) bond motifs is 1. The van der Waals surface area contributed by atoms with Crippen LogP contribution in [-0.4, -0.2) is 39.1 Å². The van der Waals surface area contributed by atoms with E-state index in [0.29, 0.717) is 22.2 Å². The smallest absolute Gasteiger partial charge is 0.251 e. The van der Waals surface area contributed by atoms with Crippen LogP contribution in [0.25, 0.3) is 10.9 Å². The van der Waals surface area contributed by atoms with E-state index in [1.165, 1.54) is 18.3 Å². The molecule has 0 aliphatic carbocycles. The number of ether oxygens (including phenoxy) is 1. The molecule has 2 aromatic carbocycles. The van der Waals surface area contributed by atoms with Crippen molar-refractivity contribution in [3.63, 3.8) is 0 Å². The van der Waals surface area contributed by atoms with E-state index < -0.39 is 5.82 Å². The zero-order valence-electron chi connectivity index (χ0n) is 16.6. The normalized spacial score (nSPS) is 10.8. The Kier molecular flexibility index (Phi) is 5.76. The number of nitrogens with zero attached hydrogens (tertiary/aromatic N) is 2. The van der Waals surface area contributed by atoms with Crippen LogP contribution in [0.1, 0.15) is 16.1 Å². The average Bonchev–Trinajstić information content (AvgIpc) is 3.16. The van der Waals surface area contributed by atoms with Gasteiger partial charge in [0.2, 0.25) is 11.8 Å². The van der Waals surface area contributed by atoms with Gasteiger partial charge in [0.05, 0.1) is 6.61 Å². The number of hydrogen-bond acceptors (Lipinski definition) is 6. The highest BCUT2D eigenvalue weighted by molar-refractivity contribution is 5.95. The van der Waals surface area contributed by atoms with E-state index in [1.54, 1.807) is 36.4 Å². The third kappa shape index (κ3) is 4.62. The van der Waals surface area contributed by atoms with Crippen LogP contribution in [0.3, 0.4) is 0 Å². The molecule has 31 heavy (non-hydrogen) atoms. The Bertz CT molecular complexity index is 1240. The molecule has 0 bridgehead atoms. The number of H-pyrrole nitrogens is 1. The predicted octanol–water partition coefficient (Wildman–Crippen LogP) is 3.66. The van der Waals surface area contributed by atoms with Crippen LogP contribution in [0.5, 0.6) is 11.6 Å². The molecule has 0 unspecified atom stereocenters. The van der Waals surface area contributed by atoms with Gasteiger partial charge in [0, 0.05) is 46.7 Å². The second-order valence-corrected chi connectivity index (χ2v) is 6.80. The number of anilines is 2. The molecule has 8 nitrogen and oxygen atoms in total. The minimum absolute atomic E-state index is 0.0544. The first-order valence-corrected chi connectivity index (χ1v) is 9.58. The van der Waals surface area contributed by atoms with Crippen LogP contribution in [-0.2, 0) is 0 Å². The number of nitrogens with one attached hydrogen (secondary N) is 3. The molecule has 1 amide bonds. The van der Waals surface area contributed by atoms with Gasteiger partial charge in [-0.25, -0.2) is 9.37 Å². The topological polar surface area (TPSA) is 112 Å². The quantitative estimate of drug-likeness (QED) is 0.362. The molecule has 9 heteroatoms. The highest BCUT2D eigenvalue weighted by Crippen LogP contribution is 2.30. The van der Waals surface area contributed by atoms with Crippen molar-refractivity contribution in [2.45, 2.75) is 6.92 Å². The summed E-state index contributed by atoms with van der Waals surface area (Å²) in [7, 11) is 0. The lowest BCUT2D eigenvalue weighted by atomic mass is 10.2. The van der Waals surface area contributed by atoms with Gasteiger partial charge in [-0.2, -0.15) is 4.98 Å². The largest absolute Gasteiger partial charge is 0.436 e. The van der Waals surface area contributed by atoms with Gasteiger partial charge >= 0.3 is 0 Å². The van der Waals surface area contributed by atoms with Crippen molar-refractivity contribution in [3.05, 3.63) is 71.8 Å². The lowest BCUT2D eigenvalue weighted by Crippen LogP contribution is -2.26. The van der Waals surface area contributed by atoms with E-state index in [0.717, 1.165) is 5.69 Å². The lowest BCUT2D eigenvalue weighted by molar-refractivity contribution is 0.0945. The second kappa shape index (κ2) is 8.80. The first-order valence-electron chi connectivity index (χ1n) is 9.58. The number of aromatic nitrogens is 3. The molecule has 0 saturated heterocycles. The summed E-state index contributed by atoms with van der Waals surface area (Å²) in [5.41, 5.74) is 2.55. The number of carbonyl (C=O) groups is 1. The van der Waals surface area contributed by atoms with Crippen molar-refractivity contribution >= 4 is 28.4 Å². The predicted molar refractivity (Wildman–Crippen MR) is 114 cm³/mol. The van der Waals surface area contributed by atoms with Gasteiger partial charge < -0.3 is 25.5 Å². The maximum atomic E-state index is 14.8. The minimum Gasteiger partial charge on any atom is -0.436 e. The van der Waals surface area contributed by atoms with Gasteiger partial charge in [-0.1, -0.05) is 6.07 Å². The molecule has 0 radical (unpaired) electrons. The number of carbonyl (C=O) groups excluding carboxylic acids is 1. The molecule has 0 saturated carbocycles. The zero-order chi connectivity index (χ0) is 21.8. The summed E-state index contributed by atoms with van der Waals surface area (Å²) in [6, 6.07) is 13.3. The van der Waals surface area contributed by atoms with Crippen molar-refractivity contribution in [1.82, 2.24) is 20.3 Å². The van der Waals surface area contributed by atoms with Crippen molar-refractivity contribution < 1.29 is 19.0 Å². The Labute approximate surface area is 177 Å². The van der Waals surface area contributed by atoms with E-state index in [1.807, 2.05) is 6.92 Å². The van der Waals surface area contributed by atoms with Crippen LogP contribution in [0.15, 0.2) is 54.7 Å². The summed E-state index contributed by atoms with van der Waals surface area (Å²) in [6.07, 6.45) is 1.49. The van der Waals surface area contributed by atoms with Gasteiger partial charge in [0.25, 0.3) is 5.91 Å². The van der Waals surface area contributed by atoms with Gasteiger partial charge in [0.15, 0.2) is 11.6 Å². The molecule has 4 rings (SSSR count). The fraction of sp³-hybridized carbons (Fsp3) is 0.136. The highest BCUT2D eigenvalue weighted by Gasteiger charge is 2.13. The SMILES string of the molecule is Cc1cc2c(F)c(Oc3ccnc(Nc4cccc(C(=O)NCCO)c4)n3)ccc2[nH]1. The zero-order valence-corrected chi connectivity index (χ0v) is 16.6. The third-order valence-electron chi connectivity index (χ3n) is 4.46. The number of aromatic amines is 1. The van der Waals surface area contributed by atoms with E-state index in [-0.39, 0.29) is 36.6 Å². The number of benzene rings is 2. The average molecular weight is 421 g/mol. The molecule has 0 aliphatic heterocycles. The number of amides is 1. The van der Waals surface area contributed by atoms with Crippen LogP contribution in [0, 0.1) is 12.7 Å².